The lowest BCUT2D eigenvalue weighted by Gasteiger charge is -2.25. The van der Waals surface area contributed by atoms with E-state index in [1.807, 2.05) is 6.92 Å². The van der Waals surface area contributed by atoms with E-state index in [1.54, 1.807) is 23.1 Å². The van der Waals surface area contributed by atoms with Gasteiger partial charge in [0.25, 0.3) is 0 Å². The van der Waals surface area contributed by atoms with Crippen LogP contribution in [0.3, 0.4) is 0 Å². The molecule has 0 radical (unpaired) electrons. The first kappa shape index (κ1) is 16.4. The van der Waals surface area contributed by atoms with Crippen molar-refractivity contribution in [3.63, 3.8) is 0 Å². The van der Waals surface area contributed by atoms with Crippen molar-refractivity contribution >= 4 is 29.1 Å². The molecule has 3 rings (SSSR count). The van der Waals surface area contributed by atoms with Gasteiger partial charge in [-0.15, -0.1) is 0 Å². The van der Waals surface area contributed by atoms with E-state index < -0.39 is 12.0 Å². The Morgan fingerprint density at radius 3 is 2.88 bits per heavy atom. The van der Waals surface area contributed by atoms with E-state index in [4.69, 9.17) is 21.9 Å². The van der Waals surface area contributed by atoms with Gasteiger partial charge in [-0.3, -0.25) is 9.59 Å². The summed E-state index contributed by atoms with van der Waals surface area (Å²) in [5.41, 5.74) is 6.09. The minimum absolute atomic E-state index is 0.0880. The van der Waals surface area contributed by atoms with Crippen LogP contribution in [0.15, 0.2) is 22.7 Å². The van der Waals surface area contributed by atoms with E-state index in [0.717, 1.165) is 0 Å². The Morgan fingerprint density at radius 1 is 1.54 bits per heavy atom. The molecule has 0 aliphatic carbocycles. The van der Waals surface area contributed by atoms with Crippen LogP contribution in [0.4, 0.5) is 5.69 Å². The molecule has 1 aliphatic rings. The van der Waals surface area contributed by atoms with Gasteiger partial charge >= 0.3 is 11.8 Å². The zero-order chi connectivity index (χ0) is 17.4. The topological polar surface area (TPSA) is 123 Å². The molecule has 9 heteroatoms. The summed E-state index contributed by atoms with van der Waals surface area (Å²) in [4.78, 5) is 28.6. The zero-order valence-corrected chi connectivity index (χ0v) is 13.5. The van der Waals surface area contributed by atoms with Crippen molar-refractivity contribution < 1.29 is 19.2 Å². The van der Waals surface area contributed by atoms with Crippen molar-refractivity contribution in [1.29, 1.82) is 0 Å². The highest BCUT2D eigenvalue weighted by molar-refractivity contribution is 6.33. The standard InChI is InChI=1S/C15H15ClN4O4/c1-2-10-11(21)6-12(22)20(10)7-3-4-8(9(16)5-7)14-18-15(13(17)23)24-19-14/h3-5,10-11,21H,2,6H2,1H3,(H2,17,23)/t10-,11+/m0/s1. The Kier molecular flexibility index (Phi) is 4.25. The Balaban J connectivity index is 1.95. The second-order valence-electron chi connectivity index (χ2n) is 5.46. The number of rotatable bonds is 4. The van der Waals surface area contributed by atoms with E-state index in [0.29, 0.717) is 17.7 Å². The Morgan fingerprint density at radius 2 is 2.29 bits per heavy atom. The van der Waals surface area contributed by atoms with E-state index in [2.05, 4.69) is 10.1 Å². The van der Waals surface area contributed by atoms with Gasteiger partial charge in [0.05, 0.1) is 23.6 Å². The van der Waals surface area contributed by atoms with Gasteiger partial charge in [0.1, 0.15) is 0 Å². The van der Waals surface area contributed by atoms with E-state index in [-0.39, 0.29) is 35.1 Å². The molecule has 126 valence electrons. The van der Waals surface area contributed by atoms with Gasteiger partial charge in [0, 0.05) is 11.3 Å². The maximum absolute atomic E-state index is 12.1. The minimum Gasteiger partial charge on any atom is -0.390 e. The van der Waals surface area contributed by atoms with Crippen LogP contribution >= 0.6 is 11.6 Å². The number of aliphatic hydroxyl groups is 1. The van der Waals surface area contributed by atoms with Gasteiger partial charge in [-0.25, -0.2) is 0 Å². The molecule has 1 aliphatic heterocycles. The second-order valence-corrected chi connectivity index (χ2v) is 5.87. The second kappa shape index (κ2) is 6.21. The first-order valence-electron chi connectivity index (χ1n) is 7.36. The molecule has 8 nitrogen and oxygen atoms in total. The molecule has 3 N–H and O–H groups in total. The van der Waals surface area contributed by atoms with Gasteiger partial charge in [-0.05, 0) is 24.6 Å². The van der Waals surface area contributed by atoms with Crippen LogP contribution in [0, 0.1) is 0 Å². The number of hydrogen-bond donors (Lipinski definition) is 2. The van der Waals surface area contributed by atoms with Crippen LogP contribution in [-0.4, -0.2) is 39.2 Å². The Labute approximate surface area is 142 Å². The van der Waals surface area contributed by atoms with E-state index >= 15 is 0 Å². The number of aliphatic hydroxyl groups excluding tert-OH is 1. The number of halogens is 1. The number of anilines is 1. The highest BCUT2D eigenvalue weighted by atomic mass is 35.5. The van der Waals surface area contributed by atoms with Crippen LogP contribution in [0.1, 0.15) is 30.5 Å². The van der Waals surface area contributed by atoms with Crippen LogP contribution in [0.2, 0.25) is 5.02 Å². The molecule has 1 fully saturated rings. The number of primary amides is 1. The van der Waals surface area contributed by atoms with Crippen LogP contribution in [0.25, 0.3) is 11.4 Å². The van der Waals surface area contributed by atoms with Crippen LogP contribution in [-0.2, 0) is 4.79 Å². The Hall–Kier alpha value is -2.45. The summed E-state index contributed by atoms with van der Waals surface area (Å²) >= 11 is 6.27. The normalized spacial score (nSPS) is 20.6. The fourth-order valence-electron chi connectivity index (χ4n) is 2.83. The first-order chi connectivity index (χ1) is 11.4. The molecular weight excluding hydrogens is 336 g/mol. The van der Waals surface area contributed by atoms with Crippen molar-refractivity contribution in [2.24, 2.45) is 5.73 Å². The number of benzene rings is 1. The van der Waals surface area contributed by atoms with Gasteiger partial charge in [-0.1, -0.05) is 23.7 Å². The average Bonchev–Trinajstić information content (AvgIpc) is 3.11. The number of amides is 2. The number of carbonyl (C=O) groups excluding carboxylic acids is 2. The monoisotopic (exact) mass is 350 g/mol. The predicted molar refractivity (Wildman–Crippen MR) is 85.5 cm³/mol. The SMILES string of the molecule is CC[C@H]1[C@H](O)CC(=O)N1c1ccc(-c2noc(C(N)=O)n2)c(Cl)c1. The van der Waals surface area contributed by atoms with Crippen molar-refractivity contribution in [3.05, 3.63) is 29.1 Å². The lowest BCUT2D eigenvalue weighted by molar-refractivity contribution is -0.117. The third kappa shape index (κ3) is 2.74. The maximum Gasteiger partial charge on any atom is 0.316 e. The third-order valence-corrected chi connectivity index (χ3v) is 4.27. The maximum atomic E-state index is 12.1. The molecule has 24 heavy (non-hydrogen) atoms. The fourth-order valence-corrected chi connectivity index (χ4v) is 3.09. The molecule has 1 aromatic heterocycles. The van der Waals surface area contributed by atoms with Crippen molar-refractivity contribution in [2.75, 3.05) is 4.90 Å². The molecule has 2 heterocycles. The van der Waals surface area contributed by atoms with Gasteiger partial charge < -0.3 is 20.3 Å². The number of aromatic nitrogens is 2. The smallest absolute Gasteiger partial charge is 0.316 e. The van der Waals surface area contributed by atoms with Gasteiger partial charge in [0.2, 0.25) is 11.7 Å². The molecular formula is C15H15ClN4O4. The van der Waals surface area contributed by atoms with Crippen LogP contribution in [0.5, 0.6) is 0 Å². The minimum atomic E-state index is -0.830. The van der Waals surface area contributed by atoms with Crippen molar-refractivity contribution in [3.8, 4) is 11.4 Å². The quantitative estimate of drug-likeness (QED) is 0.858. The summed E-state index contributed by atoms with van der Waals surface area (Å²) in [5, 5.41) is 13.9. The summed E-state index contributed by atoms with van der Waals surface area (Å²) in [6, 6.07) is 4.61. The number of nitrogens with zero attached hydrogens (tertiary/aromatic N) is 3. The fraction of sp³-hybridized carbons (Fsp3) is 0.333. The molecule has 2 aromatic rings. The molecule has 2 atom stereocenters. The highest BCUT2D eigenvalue weighted by Crippen LogP contribution is 2.34. The number of nitrogens with two attached hydrogens (primary N) is 1. The van der Waals surface area contributed by atoms with Crippen molar-refractivity contribution in [2.45, 2.75) is 31.9 Å². The molecule has 1 saturated heterocycles. The molecule has 0 bridgehead atoms. The lowest BCUT2D eigenvalue weighted by Crippen LogP contribution is -2.36. The molecule has 0 spiro atoms. The van der Waals surface area contributed by atoms with E-state index in [9.17, 15) is 14.7 Å². The van der Waals surface area contributed by atoms with Gasteiger partial charge in [-0.2, -0.15) is 4.98 Å². The predicted octanol–water partition coefficient (Wildman–Crippen LogP) is 1.37. The summed E-state index contributed by atoms with van der Waals surface area (Å²) in [6.45, 7) is 1.90. The van der Waals surface area contributed by atoms with E-state index in [1.165, 1.54) is 0 Å². The molecule has 1 aromatic carbocycles. The molecule has 2 amide bonds. The summed E-state index contributed by atoms with van der Waals surface area (Å²) in [6.07, 6.45) is 0.0142. The summed E-state index contributed by atoms with van der Waals surface area (Å²) in [5.74, 6) is -1.17. The summed E-state index contributed by atoms with van der Waals surface area (Å²) < 4.78 is 4.74. The summed E-state index contributed by atoms with van der Waals surface area (Å²) in [7, 11) is 0. The highest BCUT2D eigenvalue weighted by Gasteiger charge is 2.38. The zero-order valence-electron chi connectivity index (χ0n) is 12.8. The number of carbonyl (C=O) groups is 2. The number of hydrogen-bond acceptors (Lipinski definition) is 6. The first-order valence-corrected chi connectivity index (χ1v) is 7.73. The van der Waals surface area contributed by atoms with Gasteiger partial charge in [0.15, 0.2) is 0 Å². The largest absolute Gasteiger partial charge is 0.390 e. The third-order valence-electron chi connectivity index (χ3n) is 3.96. The molecule has 0 unspecified atom stereocenters. The van der Waals surface area contributed by atoms with Crippen molar-refractivity contribution in [1.82, 2.24) is 10.1 Å². The Bertz CT molecular complexity index is 807. The van der Waals surface area contributed by atoms with Crippen LogP contribution < -0.4 is 10.6 Å². The lowest BCUT2D eigenvalue weighted by atomic mass is 10.1. The molecule has 0 saturated carbocycles. The average molecular weight is 351 g/mol.